The first-order valence-corrected chi connectivity index (χ1v) is 8.12. The van der Waals surface area contributed by atoms with Crippen molar-refractivity contribution < 1.29 is 18.7 Å². The van der Waals surface area contributed by atoms with Crippen LogP contribution in [0.5, 0.6) is 5.75 Å². The molecule has 1 saturated heterocycles. The summed E-state index contributed by atoms with van der Waals surface area (Å²) in [5.41, 5.74) is 1.32. The molecule has 1 heterocycles. The van der Waals surface area contributed by atoms with Gasteiger partial charge in [-0.25, -0.2) is 4.39 Å². The average Bonchev–Trinajstić information content (AvgIpc) is 2.62. The molecule has 6 heteroatoms. The number of halogens is 1. The number of carbonyl (C=O) groups is 2. The number of ether oxygens (including phenoxy) is 1. The van der Waals surface area contributed by atoms with Gasteiger partial charge in [0.05, 0.1) is 5.56 Å². The van der Waals surface area contributed by atoms with Gasteiger partial charge < -0.3 is 14.5 Å². The molecule has 0 unspecified atom stereocenters. The van der Waals surface area contributed by atoms with Crippen LogP contribution in [0.25, 0.3) is 0 Å². The van der Waals surface area contributed by atoms with E-state index >= 15 is 0 Å². The number of para-hydroxylation sites is 1. The maximum Gasteiger partial charge on any atom is 0.308 e. The molecule has 0 atom stereocenters. The summed E-state index contributed by atoms with van der Waals surface area (Å²) in [6.07, 6.45) is 0. The van der Waals surface area contributed by atoms with E-state index in [9.17, 15) is 14.0 Å². The Kier molecular flexibility index (Phi) is 4.97. The predicted octanol–water partition coefficient (Wildman–Crippen LogP) is 2.71. The van der Waals surface area contributed by atoms with Crippen LogP contribution in [-0.4, -0.2) is 43.0 Å². The standard InChI is InChI=1S/C19H19FN2O3/c1-14(23)25-18-5-3-2-4-17(18)19(24)22-12-10-21(11-13-22)16-8-6-15(20)7-9-16/h2-9H,10-13H2,1H3. The van der Waals surface area contributed by atoms with Gasteiger partial charge in [0.25, 0.3) is 5.91 Å². The lowest BCUT2D eigenvalue weighted by molar-refractivity contribution is -0.131. The molecule has 2 aromatic carbocycles. The van der Waals surface area contributed by atoms with Crippen LogP contribution in [-0.2, 0) is 4.79 Å². The molecule has 0 saturated carbocycles. The second kappa shape index (κ2) is 7.34. The van der Waals surface area contributed by atoms with E-state index in [0.29, 0.717) is 31.7 Å². The van der Waals surface area contributed by atoms with E-state index in [2.05, 4.69) is 4.90 Å². The van der Waals surface area contributed by atoms with Crippen molar-refractivity contribution in [3.05, 3.63) is 59.9 Å². The highest BCUT2D eigenvalue weighted by Gasteiger charge is 2.24. The van der Waals surface area contributed by atoms with Crippen LogP contribution in [0.2, 0.25) is 0 Å². The van der Waals surface area contributed by atoms with Crippen molar-refractivity contribution in [2.24, 2.45) is 0 Å². The Labute approximate surface area is 145 Å². The van der Waals surface area contributed by atoms with E-state index in [1.807, 2.05) is 0 Å². The fourth-order valence-electron chi connectivity index (χ4n) is 2.88. The van der Waals surface area contributed by atoms with Gasteiger partial charge in [-0.1, -0.05) is 12.1 Å². The number of anilines is 1. The number of esters is 1. The van der Waals surface area contributed by atoms with Crippen molar-refractivity contribution in [3.8, 4) is 5.75 Å². The van der Waals surface area contributed by atoms with Crippen LogP contribution in [0.15, 0.2) is 48.5 Å². The van der Waals surface area contributed by atoms with Crippen LogP contribution in [0.1, 0.15) is 17.3 Å². The Morgan fingerprint density at radius 3 is 2.24 bits per heavy atom. The number of hydrogen-bond donors (Lipinski definition) is 0. The summed E-state index contributed by atoms with van der Waals surface area (Å²) in [6, 6.07) is 13.1. The first-order valence-electron chi connectivity index (χ1n) is 8.12. The molecular weight excluding hydrogens is 323 g/mol. The predicted molar refractivity (Wildman–Crippen MR) is 92.3 cm³/mol. The number of hydrogen-bond acceptors (Lipinski definition) is 4. The third-order valence-corrected chi connectivity index (χ3v) is 4.13. The molecule has 1 fully saturated rings. The topological polar surface area (TPSA) is 49.9 Å². The highest BCUT2D eigenvalue weighted by Crippen LogP contribution is 2.22. The Morgan fingerprint density at radius 2 is 1.60 bits per heavy atom. The SMILES string of the molecule is CC(=O)Oc1ccccc1C(=O)N1CCN(c2ccc(F)cc2)CC1. The van der Waals surface area contributed by atoms with E-state index in [-0.39, 0.29) is 17.5 Å². The monoisotopic (exact) mass is 342 g/mol. The minimum Gasteiger partial charge on any atom is -0.426 e. The summed E-state index contributed by atoms with van der Waals surface area (Å²) in [5, 5.41) is 0. The van der Waals surface area contributed by atoms with Gasteiger partial charge in [0.2, 0.25) is 0 Å². The van der Waals surface area contributed by atoms with Crippen molar-refractivity contribution in [2.45, 2.75) is 6.92 Å². The van der Waals surface area contributed by atoms with Crippen molar-refractivity contribution in [3.63, 3.8) is 0 Å². The molecule has 0 bridgehead atoms. The molecule has 0 aromatic heterocycles. The summed E-state index contributed by atoms with van der Waals surface area (Å²) in [4.78, 5) is 27.8. The summed E-state index contributed by atoms with van der Waals surface area (Å²) in [7, 11) is 0. The maximum absolute atomic E-state index is 13.0. The smallest absolute Gasteiger partial charge is 0.308 e. The molecule has 25 heavy (non-hydrogen) atoms. The van der Waals surface area contributed by atoms with Gasteiger partial charge in [-0.15, -0.1) is 0 Å². The minimum absolute atomic E-state index is 0.157. The Bertz CT molecular complexity index is 768. The Hall–Kier alpha value is -2.89. The second-order valence-corrected chi connectivity index (χ2v) is 5.85. The Balaban J connectivity index is 1.68. The zero-order valence-corrected chi connectivity index (χ0v) is 13.9. The molecule has 0 radical (unpaired) electrons. The largest absolute Gasteiger partial charge is 0.426 e. The quantitative estimate of drug-likeness (QED) is 0.636. The molecule has 0 spiro atoms. The van der Waals surface area contributed by atoms with Crippen molar-refractivity contribution in [1.82, 2.24) is 4.90 Å². The lowest BCUT2D eigenvalue weighted by atomic mass is 10.1. The summed E-state index contributed by atoms with van der Waals surface area (Å²) in [5.74, 6) is -0.599. The molecule has 3 rings (SSSR count). The van der Waals surface area contributed by atoms with Crippen LogP contribution in [0.3, 0.4) is 0 Å². The van der Waals surface area contributed by atoms with Crippen LogP contribution in [0.4, 0.5) is 10.1 Å². The third kappa shape index (κ3) is 3.96. The molecule has 130 valence electrons. The Morgan fingerprint density at radius 1 is 0.960 bits per heavy atom. The molecule has 1 amide bonds. The molecule has 0 aliphatic carbocycles. The summed E-state index contributed by atoms with van der Waals surface area (Å²) < 4.78 is 18.2. The first-order chi connectivity index (χ1) is 12.0. The van der Waals surface area contributed by atoms with E-state index in [1.165, 1.54) is 19.1 Å². The van der Waals surface area contributed by atoms with E-state index in [1.54, 1.807) is 41.3 Å². The van der Waals surface area contributed by atoms with Crippen LogP contribution < -0.4 is 9.64 Å². The van der Waals surface area contributed by atoms with E-state index in [0.717, 1.165) is 5.69 Å². The summed E-state index contributed by atoms with van der Waals surface area (Å²) >= 11 is 0. The normalized spacial score (nSPS) is 14.3. The average molecular weight is 342 g/mol. The van der Waals surface area contributed by atoms with Gasteiger partial charge in [-0.3, -0.25) is 9.59 Å². The van der Waals surface area contributed by atoms with Crippen molar-refractivity contribution in [2.75, 3.05) is 31.1 Å². The highest BCUT2D eigenvalue weighted by atomic mass is 19.1. The maximum atomic E-state index is 13.0. The van der Waals surface area contributed by atoms with Crippen LogP contribution >= 0.6 is 0 Å². The second-order valence-electron chi connectivity index (χ2n) is 5.85. The lowest BCUT2D eigenvalue weighted by Crippen LogP contribution is -2.48. The van der Waals surface area contributed by atoms with Gasteiger partial charge >= 0.3 is 5.97 Å². The van der Waals surface area contributed by atoms with Gasteiger partial charge in [-0.05, 0) is 36.4 Å². The van der Waals surface area contributed by atoms with Gasteiger partial charge in [0.1, 0.15) is 11.6 Å². The molecule has 2 aromatic rings. The number of amides is 1. The molecule has 5 nitrogen and oxygen atoms in total. The zero-order valence-electron chi connectivity index (χ0n) is 13.9. The van der Waals surface area contributed by atoms with E-state index < -0.39 is 5.97 Å². The number of carbonyl (C=O) groups excluding carboxylic acids is 2. The summed E-state index contributed by atoms with van der Waals surface area (Å²) in [6.45, 7) is 3.72. The third-order valence-electron chi connectivity index (χ3n) is 4.13. The highest BCUT2D eigenvalue weighted by molar-refractivity contribution is 5.97. The number of rotatable bonds is 3. The van der Waals surface area contributed by atoms with Crippen molar-refractivity contribution in [1.29, 1.82) is 0 Å². The first kappa shape index (κ1) is 17.0. The molecule has 0 N–H and O–H groups in total. The van der Waals surface area contributed by atoms with Crippen LogP contribution in [0, 0.1) is 5.82 Å². The van der Waals surface area contributed by atoms with E-state index in [4.69, 9.17) is 4.74 Å². The molecule has 1 aliphatic heterocycles. The van der Waals surface area contributed by atoms with Gasteiger partial charge in [0, 0.05) is 38.8 Å². The number of nitrogens with zero attached hydrogens (tertiary/aromatic N) is 2. The minimum atomic E-state index is -0.457. The lowest BCUT2D eigenvalue weighted by Gasteiger charge is -2.36. The number of benzene rings is 2. The fourth-order valence-corrected chi connectivity index (χ4v) is 2.88. The molecular formula is C19H19FN2O3. The van der Waals surface area contributed by atoms with Gasteiger partial charge in [0.15, 0.2) is 0 Å². The van der Waals surface area contributed by atoms with Crippen molar-refractivity contribution >= 4 is 17.6 Å². The molecule has 1 aliphatic rings. The van der Waals surface area contributed by atoms with Gasteiger partial charge in [-0.2, -0.15) is 0 Å². The zero-order chi connectivity index (χ0) is 17.8. The number of piperazine rings is 1. The fraction of sp³-hybridized carbons (Fsp3) is 0.263.